The lowest BCUT2D eigenvalue weighted by atomic mass is 10.0. The summed E-state index contributed by atoms with van der Waals surface area (Å²) in [5.41, 5.74) is 1.97. The maximum atomic E-state index is 13.2. The Morgan fingerprint density at radius 3 is 2.46 bits per heavy atom. The average molecular weight is 377 g/mol. The van der Waals surface area contributed by atoms with Crippen LogP contribution in [0, 0.1) is 0 Å². The van der Waals surface area contributed by atoms with Crippen LogP contribution in [0.15, 0.2) is 43.0 Å². The highest BCUT2D eigenvalue weighted by Crippen LogP contribution is 2.43. The summed E-state index contributed by atoms with van der Waals surface area (Å²) < 4.78 is 10.8. The number of rotatable bonds is 5. The van der Waals surface area contributed by atoms with Crippen LogP contribution in [0.5, 0.6) is 11.5 Å². The zero-order chi connectivity index (χ0) is 19.7. The van der Waals surface area contributed by atoms with Crippen LogP contribution in [-0.2, 0) is 0 Å². The third kappa shape index (κ3) is 2.83. The fourth-order valence-electron chi connectivity index (χ4n) is 3.44. The van der Waals surface area contributed by atoms with Gasteiger partial charge in [0.15, 0.2) is 23.1 Å². The minimum absolute atomic E-state index is 0.150. The van der Waals surface area contributed by atoms with Gasteiger partial charge >= 0.3 is 0 Å². The van der Waals surface area contributed by atoms with Crippen LogP contribution in [0.4, 0.5) is 5.82 Å². The van der Waals surface area contributed by atoms with Crippen molar-refractivity contribution >= 4 is 11.7 Å². The van der Waals surface area contributed by atoms with E-state index in [1.54, 1.807) is 56.0 Å². The lowest BCUT2D eigenvalue weighted by molar-refractivity contribution is 0.0989. The van der Waals surface area contributed by atoms with Crippen LogP contribution >= 0.6 is 0 Å². The van der Waals surface area contributed by atoms with E-state index in [4.69, 9.17) is 9.47 Å². The van der Waals surface area contributed by atoms with Gasteiger partial charge in [0.1, 0.15) is 5.69 Å². The molecule has 0 radical (unpaired) electrons. The first kappa shape index (κ1) is 17.8. The molecule has 28 heavy (non-hydrogen) atoms. The first-order valence-corrected chi connectivity index (χ1v) is 8.86. The molecule has 0 aliphatic carbocycles. The molecular weight excluding hydrogens is 358 g/mol. The van der Waals surface area contributed by atoms with Crippen LogP contribution in [0.2, 0.25) is 0 Å². The molecule has 0 saturated carbocycles. The van der Waals surface area contributed by atoms with Crippen molar-refractivity contribution in [1.29, 1.82) is 0 Å². The van der Waals surface area contributed by atoms with Crippen molar-refractivity contribution in [3.8, 4) is 23.0 Å². The molecule has 0 spiro atoms. The van der Waals surface area contributed by atoms with E-state index in [0.717, 1.165) is 5.56 Å². The predicted octanol–water partition coefficient (Wildman–Crippen LogP) is 3.06. The largest absolute Gasteiger partial charge is 0.493 e. The molecule has 3 aromatic rings. The number of carbonyl (C=O) groups is 1. The number of nitrogens with zero attached hydrogens (tertiary/aromatic N) is 5. The molecule has 3 heterocycles. The molecule has 0 fully saturated rings. The molecule has 0 bridgehead atoms. The van der Waals surface area contributed by atoms with Gasteiger partial charge in [0.2, 0.25) is 0 Å². The highest BCUT2D eigenvalue weighted by atomic mass is 16.5. The third-order valence-corrected chi connectivity index (χ3v) is 4.73. The Bertz CT molecular complexity index is 1030. The molecule has 1 aromatic carbocycles. The number of benzene rings is 1. The molecule has 1 unspecified atom stereocenters. The zero-order valence-corrected chi connectivity index (χ0v) is 15.8. The van der Waals surface area contributed by atoms with Gasteiger partial charge in [-0.1, -0.05) is 6.92 Å². The van der Waals surface area contributed by atoms with Crippen LogP contribution in [-0.4, -0.2) is 40.1 Å². The number of ether oxygens (including phenoxy) is 2. The second-order valence-electron chi connectivity index (χ2n) is 6.23. The number of amides is 1. The van der Waals surface area contributed by atoms with E-state index in [2.05, 4.69) is 19.9 Å². The Morgan fingerprint density at radius 2 is 1.79 bits per heavy atom. The summed E-state index contributed by atoms with van der Waals surface area (Å²) in [5, 5.41) is 0. The predicted molar refractivity (Wildman–Crippen MR) is 102 cm³/mol. The van der Waals surface area contributed by atoms with Gasteiger partial charge in [-0.05, 0) is 30.2 Å². The number of fused-ring (bicyclic) bond motifs is 1. The number of anilines is 1. The van der Waals surface area contributed by atoms with Gasteiger partial charge < -0.3 is 9.47 Å². The Balaban J connectivity index is 1.79. The molecule has 1 amide bonds. The van der Waals surface area contributed by atoms with Crippen molar-refractivity contribution < 1.29 is 14.3 Å². The Labute approximate surface area is 162 Å². The van der Waals surface area contributed by atoms with Gasteiger partial charge in [-0.15, -0.1) is 0 Å². The summed E-state index contributed by atoms with van der Waals surface area (Å²) in [4.78, 5) is 32.1. The molecule has 142 valence electrons. The van der Waals surface area contributed by atoms with Crippen molar-refractivity contribution in [2.24, 2.45) is 0 Å². The third-order valence-electron chi connectivity index (χ3n) is 4.73. The van der Waals surface area contributed by atoms with Crippen molar-refractivity contribution in [2.75, 3.05) is 19.1 Å². The molecule has 1 aliphatic heterocycles. The summed E-state index contributed by atoms with van der Waals surface area (Å²) in [6.07, 6.45) is 7.15. The second-order valence-corrected chi connectivity index (χ2v) is 6.23. The molecular formula is C20H19N5O3. The summed E-state index contributed by atoms with van der Waals surface area (Å²) in [6.45, 7) is 2.02. The number of hydrogen-bond acceptors (Lipinski definition) is 7. The van der Waals surface area contributed by atoms with E-state index in [9.17, 15) is 4.79 Å². The van der Waals surface area contributed by atoms with Crippen LogP contribution in [0.1, 0.15) is 35.3 Å². The van der Waals surface area contributed by atoms with Crippen LogP contribution < -0.4 is 14.4 Å². The molecule has 1 atom stereocenters. The lowest BCUT2D eigenvalue weighted by Crippen LogP contribution is -2.28. The summed E-state index contributed by atoms with van der Waals surface area (Å²) in [7, 11) is 3.13. The molecule has 0 N–H and O–H groups in total. The highest BCUT2D eigenvalue weighted by molar-refractivity contribution is 6.11. The van der Waals surface area contributed by atoms with E-state index in [0.29, 0.717) is 40.8 Å². The van der Waals surface area contributed by atoms with Crippen molar-refractivity contribution in [3.05, 3.63) is 54.1 Å². The Morgan fingerprint density at radius 1 is 1.07 bits per heavy atom. The topological polar surface area (TPSA) is 90.3 Å². The van der Waals surface area contributed by atoms with Crippen LogP contribution in [0.25, 0.3) is 11.5 Å². The fraction of sp³-hybridized carbons (Fsp3) is 0.250. The minimum atomic E-state index is -0.177. The van der Waals surface area contributed by atoms with Gasteiger partial charge in [0, 0.05) is 18.0 Å². The maximum absolute atomic E-state index is 13.2. The molecule has 8 nitrogen and oxygen atoms in total. The molecule has 0 saturated heterocycles. The number of methoxy groups -OCH3 is 2. The molecule has 1 aliphatic rings. The van der Waals surface area contributed by atoms with Crippen LogP contribution in [0.3, 0.4) is 0 Å². The van der Waals surface area contributed by atoms with Crippen molar-refractivity contribution in [3.63, 3.8) is 0 Å². The zero-order valence-electron chi connectivity index (χ0n) is 15.8. The van der Waals surface area contributed by atoms with E-state index < -0.39 is 0 Å². The normalized spacial score (nSPS) is 15.5. The summed E-state index contributed by atoms with van der Waals surface area (Å²) >= 11 is 0. The van der Waals surface area contributed by atoms with Crippen molar-refractivity contribution in [2.45, 2.75) is 19.4 Å². The number of carbonyl (C=O) groups excluding carboxylic acids is 1. The van der Waals surface area contributed by atoms with Gasteiger partial charge in [-0.2, -0.15) is 0 Å². The monoisotopic (exact) mass is 377 g/mol. The van der Waals surface area contributed by atoms with Gasteiger partial charge in [0.05, 0.1) is 32.7 Å². The minimum Gasteiger partial charge on any atom is -0.493 e. The average Bonchev–Trinajstić information content (AvgIpc) is 3.04. The summed E-state index contributed by atoms with van der Waals surface area (Å²) in [6, 6.07) is 5.13. The Hall–Kier alpha value is -3.55. The second kappa shape index (κ2) is 7.22. The van der Waals surface area contributed by atoms with E-state index >= 15 is 0 Å². The van der Waals surface area contributed by atoms with Gasteiger partial charge in [-0.25, -0.2) is 15.0 Å². The Kier molecular flexibility index (Phi) is 4.60. The standard InChI is InChI=1S/C20H19N5O3/c1-4-15-12-8-16(27-2)17(28-3)9-13(12)20(26)25(15)18-11-21-10-14(24-18)19-22-6-5-7-23-19/h5-11,15H,4H2,1-3H3. The lowest BCUT2D eigenvalue weighted by Gasteiger charge is -2.23. The van der Waals surface area contributed by atoms with E-state index in [1.165, 1.54) is 0 Å². The SMILES string of the molecule is CCC1c2cc(OC)c(OC)cc2C(=O)N1c1cncc(-c2ncccn2)n1. The number of aromatic nitrogens is 4. The molecule has 8 heteroatoms. The van der Waals surface area contributed by atoms with E-state index in [-0.39, 0.29) is 11.9 Å². The quantitative estimate of drug-likeness (QED) is 0.675. The molecule has 4 rings (SSSR count). The maximum Gasteiger partial charge on any atom is 0.260 e. The highest BCUT2D eigenvalue weighted by Gasteiger charge is 2.39. The first-order chi connectivity index (χ1) is 13.7. The van der Waals surface area contributed by atoms with E-state index in [1.807, 2.05) is 13.0 Å². The fourth-order valence-corrected chi connectivity index (χ4v) is 3.44. The smallest absolute Gasteiger partial charge is 0.260 e. The first-order valence-electron chi connectivity index (χ1n) is 8.86. The van der Waals surface area contributed by atoms with Gasteiger partial charge in [-0.3, -0.25) is 14.7 Å². The van der Waals surface area contributed by atoms with Crippen molar-refractivity contribution in [1.82, 2.24) is 19.9 Å². The summed E-state index contributed by atoms with van der Waals surface area (Å²) in [5.74, 6) is 1.87. The molecule has 2 aromatic heterocycles. The number of hydrogen-bond donors (Lipinski definition) is 0. The van der Waals surface area contributed by atoms with Gasteiger partial charge in [0.25, 0.3) is 5.91 Å².